The molecule has 1 atom stereocenters. The Morgan fingerprint density at radius 1 is 1.56 bits per heavy atom. The Morgan fingerprint density at radius 2 is 2.31 bits per heavy atom. The van der Waals surface area contributed by atoms with Crippen molar-refractivity contribution in [2.24, 2.45) is 5.73 Å². The van der Waals surface area contributed by atoms with Crippen molar-refractivity contribution in [2.45, 2.75) is 18.9 Å². The summed E-state index contributed by atoms with van der Waals surface area (Å²) in [7, 11) is 0. The van der Waals surface area contributed by atoms with Crippen LogP contribution in [0.1, 0.15) is 23.3 Å². The standard InChI is InChI=1S/C10H13Cl2N3O/c11-7-4-8(14-9(7)12)10(16)15-3-1-2-6(13)5-15/h4,6,14H,1-3,5,13H2/t6-/m1/s1. The van der Waals surface area contributed by atoms with E-state index in [0.29, 0.717) is 22.4 Å². The molecule has 2 heterocycles. The van der Waals surface area contributed by atoms with E-state index in [4.69, 9.17) is 28.9 Å². The fraction of sp³-hybridized carbons (Fsp3) is 0.500. The summed E-state index contributed by atoms with van der Waals surface area (Å²) in [5, 5.41) is 0.664. The molecule has 4 nitrogen and oxygen atoms in total. The number of H-pyrrole nitrogens is 1. The number of likely N-dealkylation sites (tertiary alicyclic amines) is 1. The molecule has 1 amide bonds. The predicted octanol–water partition coefficient (Wildman–Crippen LogP) is 1.88. The predicted molar refractivity (Wildman–Crippen MR) is 63.9 cm³/mol. The second kappa shape index (κ2) is 4.65. The van der Waals surface area contributed by atoms with Gasteiger partial charge >= 0.3 is 0 Å². The lowest BCUT2D eigenvalue weighted by atomic mass is 10.1. The first-order valence-electron chi connectivity index (χ1n) is 5.17. The van der Waals surface area contributed by atoms with Crippen LogP contribution in [0.15, 0.2) is 6.07 Å². The molecule has 88 valence electrons. The Morgan fingerprint density at radius 3 is 2.88 bits per heavy atom. The van der Waals surface area contributed by atoms with E-state index in [1.165, 1.54) is 0 Å². The van der Waals surface area contributed by atoms with Crippen LogP contribution in [0.4, 0.5) is 0 Å². The Labute approximate surface area is 104 Å². The number of hydrogen-bond acceptors (Lipinski definition) is 2. The maximum absolute atomic E-state index is 12.0. The molecule has 0 aliphatic carbocycles. The number of aromatic nitrogens is 1. The molecule has 1 aromatic heterocycles. The highest BCUT2D eigenvalue weighted by atomic mass is 35.5. The molecular formula is C10H13Cl2N3O. The number of aromatic amines is 1. The van der Waals surface area contributed by atoms with Gasteiger partial charge in [-0.25, -0.2) is 0 Å². The fourth-order valence-electron chi connectivity index (χ4n) is 1.88. The molecule has 16 heavy (non-hydrogen) atoms. The molecule has 0 saturated carbocycles. The van der Waals surface area contributed by atoms with E-state index in [0.717, 1.165) is 19.4 Å². The Hall–Kier alpha value is -0.710. The van der Waals surface area contributed by atoms with Crippen molar-refractivity contribution in [3.05, 3.63) is 21.9 Å². The third kappa shape index (κ3) is 2.34. The van der Waals surface area contributed by atoms with Gasteiger partial charge in [0.1, 0.15) is 10.8 Å². The lowest BCUT2D eigenvalue weighted by Gasteiger charge is -2.30. The smallest absolute Gasteiger partial charge is 0.270 e. The fourth-order valence-corrected chi connectivity index (χ4v) is 2.20. The lowest BCUT2D eigenvalue weighted by molar-refractivity contribution is 0.0703. The maximum Gasteiger partial charge on any atom is 0.270 e. The number of nitrogens with zero attached hydrogens (tertiary/aromatic N) is 1. The first kappa shape index (κ1) is 11.8. The molecular weight excluding hydrogens is 249 g/mol. The van der Waals surface area contributed by atoms with Crippen LogP contribution in [0, 0.1) is 0 Å². The van der Waals surface area contributed by atoms with E-state index in [1.54, 1.807) is 11.0 Å². The van der Waals surface area contributed by atoms with E-state index in [-0.39, 0.29) is 11.9 Å². The number of carbonyl (C=O) groups excluding carboxylic acids is 1. The minimum absolute atomic E-state index is 0.0682. The molecule has 0 bridgehead atoms. The van der Waals surface area contributed by atoms with E-state index in [9.17, 15) is 4.79 Å². The average molecular weight is 262 g/mol. The molecule has 0 aromatic carbocycles. The van der Waals surface area contributed by atoms with Gasteiger partial charge in [-0.15, -0.1) is 0 Å². The largest absolute Gasteiger partial charge is 0.340 e. The topological polar surface area (TPSA) is 62.1 Å². The summed E-state index contributed by atoms with van der Waals surface area (Å²) in [6, 6.07) is 1.62. The van der Waals surface area contributed by atoms with Gasteiger partial charge in [0.25, 0.3) is 5.91 Å². The first-order chi connectivity index (χ1) is 7.58. The summed E-state index contributed by atoms with van der Waals surface area (Å²) in [4.78, 5) is 16.5. The molecule has 6 heteroatoms. The highest BCUT2D eigenvalue weighted by Crippen LogP contribution is 2.23. The van der Waals surface area contributed by atoms with E-state index in [1.807, 2.05) is 0 Å². The third-order valence-corrected chi connectivity index (χ3v) is 3.39. The third-order valence-electron chi connectivity index (χ3n) is 2.70. The van der Waals surface area contributed by atoms with Gasteiger partial charge in [-0.3, -0.25) is 4.79 Å². The lowest BCUT2D eigenvalue weighted by Crippen LogP contribution is -2.45. The van der Waals surface area contributed by atoms with Crippen molar-refractivity contribution in [1.29, 1.82) is 0 Å². The van der Waals surface area contributed by atoms with Gasteiger partial charge in [-0.2, -0.15) is 0 Å². The zero-order chi connectivity index (χ0) is 11.7. The highest BCUT2D eigenvalue weighted by Gasteiger charge is 2.23. The number of piperidine rings is 1. The summed E-state index contributed by atoms with van der Waals surface area (Å²) in [5.41, 5.74) is 6.24. The zero-order valence-electron chi connectivity index (χ0n) is 8.67. The minimum atomic E-state index is -0.0936. The van der Waals surface area contributed by atoms with Crippen LogP contribution in [0.3, 0.4) is 0 Å². The first-order valence-corrected chi connectivity index (χ1v) is 5.92. The van der Waals surface area contributed by atoms with Crippen LogP contribution >= 0.6 is 23.2 Å². The van der Waals surface area contributed by atoms with E-state index in [2.05, 4.69) is 4.98 Å². The molecule has 3 N–H and O–H groups in total. The SMILES string of the molecule is N[C@@H]1CCCN(C(=O)c2cc(Cl)c(Cl)[nH]2)C1. The summed E-state index contributed by atoms with van der Waals surface area (Å²) in [6.07, 6.45) is 1.91. The molecule has 0 spiro atoms. The average Bonchev–Trinajstić information content (AvgIpc) is 2.58. The van der Waals surface area contributed by atoms with Crippen LogP contribution in [0.2, 0.25) is 10.2 Å². The van der Waals surface area contributed by atoms with Gasteiger partial charge < -0.3 is 15.6 Å². The summed E-state index contributed by atoms with van der Waals surface area (Å²) in [5.74, 6) is -0.0936. The number of nitrogens with two attached hydrogens (primary N) is 1. The highest BCUT2D eigenvalue weighted by molar-refractivity contribution is 6.41. The van der Waals surface area contributed by atoms with E-state index >= 15 is 0 Å². The molecule has 1 aliphatic rings. The second-order valence-electron chi connectivity index (χ2n) is 4.00. The van der Waals surface area contributed by atoms with Gasteiger partial charge in [0.2, 0.25) is 0 Å². The van der Waals surface area contributed by atoms with Crippen molar-refractivity contribution in [3.8, 4) is 0 Å². The van der Waals surface area contributed by atoms with Crippen molar-refractivity contribution in [3.63, 3.8) is 0 Å². The summed E-state index contributed by atoms with van der Waals surface area (Å²) in [6.45, 7) is 1.33. The van der Waals surface area contributed by atoms with Crippen molar-refractivity contribution in [1.82, 2.24) is 9.88 Å². The monoisotopic (exact) mass is 261 g/mol. The van der Waals surface area contributed by atoms with Crippen LogP contribution in [0.25, 0.3) is 0 Å². The quantitative estimate of drug-likeness (QED) is 0.811. The van der Waals surface area contributed by atoms with E-state index < -0.39 is 0 Å². The molecule has 1 fully saturated rings. The van der Waals surface area contributed by atoms with Gasteiger partial charge in [-0.1, -0.05) is 23.2 Å². The Bertz CT molecular complexity index is 385. The summed E-state index contributed by atoms with van der Waals surface area (Å²) < 4.78 is 0. The van der Waals surface area contributed by atoms with Gasteiger partial charge in [0, 0.05) is 19.1 Å². The molecule has 0 radical (unpaired) electrons. The molecule has 2 rings (SSSR count). The number of hydrogen-bond donors (Lipinski definition) is 2. The number of carbonyl (C=O) groups is 1. The molecule has 1 saturated heterocycles. The van der Waals surface area contributed by atoms with Crippen molar-refractivity contribution >= 4 is 29.1 Å². The van der Waals surface area contributed by atoms with Crippen molar-refractivity contribution in [2.75, 3.05) is 13.1 Å². The zero-order valence-corrected chi connectivity index (χ0v) is 10.2. The Balaban J connectivity index is 2.12. The maximum atomic E-state index is 12.0. The second-order valence-corrected chi connectivity index (χ2v) is 4.78. The molecule has 1 aliphatic heterocycles. The Kier molecular flexibility index (Phi) is 3.42. The van der Waals surface area contributed by atoms with Crippen molar-refractivity contribution < 1.29 is 4.79 Å². The number of halogens is 2. The number of nitrogens with one attached hydrogen (secondary N) is 1. The summed E-state index contributed by atoms with van der Waals surface area (Å²) >= 11 is 11.5. The normalized spacial score (nSPS) is 21.2. The van der Waals surface area contributed by atoms with Crippen LogP contribution in [-0.2, 0) is 0 Å². The van der Waals surface area contributed by atoms with Gasteiger partial charge in [0.05, 0.1) is 5.02 Å². The van der Waals surface area contributed by atoms with Crippen LogP contribution in [-0.4, -0.2) is 34.9 Å². The minimum Gasteiger partial charge on any atom is -0.340 e. The molecule has 1 aromatic rings. The molecule has 0 unspecified atom stereocenters. The van der Waals surface area contributed by atoms with Gasteiger partial charge in [-0.05, 0) is 18.9 Å². The van der Waals surface area contributed by atoms with Crippen LogP contribution in [0.5, 0.6) is 0 Å². The number of amides is 1. The number of rotatable bonds is 1. The van der Waals surface area contributed by atoms with Crippen LogP contribution < -0.4 is 5.73 Å². The van der Waals surface area contributed by atoms with Gasteiger partial charge in [0.15, 0.2) is 0 Å².